The van der Waals surface area contributed by atoms with Crippen molar-refractivity contribution in [2.45, 2.75) is 38.2 Å². The third kappa shape index (κ3) is 1.89. The monoisotopic (exact) mass is 242 g/mol. The lowest BCUT2D eigenvalue weighted by atomic mass is 9.67. The second-order valence-corrected chi connectivity index (χ2v) is 5.71. The third-order valence-electron chi connectivity index (χ3n) is 4.00. The molecule has 0 saturated heterocycles. The normalized spacial score (nSPS) is 34.8. The largest absolute Gasteiger partial charge is 0.390 e. The summed E-state index contributed by atoms with van der Waals surface area (Å²) in [6, 6.07) is 10.4. The molecule has 18 heavy (non-hydrogen) atoms. The molecule has 94 valence electrons. The van der Waals surface area contributed by atoms with Crippen LogP contribution in [0.5, 0.6) is 0 Å². The Bertz CT molecular complexity index is 517. The Morgan fingerprint density at radius 1 is 1.22 bits per heavy atom. The minimum atomic E-state index is -0.671. The molecule has 0 radical (unpaired) electrons. The van der Waals surface area contributed by atoms with Gasteiger partial charge in [0.25, 0.3) is 0 Å². The van der Waals surface area contributed by atoms with Crippen LogP contribution in [-0.4, -0.2) is 22.1 Å². The first-order chi connectivity index (χ1) is 8.57. The molecule has 1 saturated carbocycles. The quantitative estimate of drug-likeness (QED) is 0.808. The molecule has 3 rings (SSSR count). The number of fused-ring (bicyclic) bond motifs is 1. The van der Waals surface area contributed by atoms with Crippen LogP contribution >= 0.6 is 0 Å². The SMILES string of the molecule is CC1=NN=C2C[C@](C)(O)C[C@H](c3ccccc3)[C@H]12. The summed E-state index contributed by atoms with van der Waals surface area (Å²) in [7, 11) is 0. The second-order valence-electron chi connectivity index (χ2n) is 5.71. The smallest absolute Gasteiger partial charge is 0.0678 e. The zero-order chi connectivity index (χ0) is 12.8. The summed E-state index contributed by atoms with van der Waals surface area (Å²) in [5.41, 5.74) is 2.72. The van der Waals surface area contributed by atoms with Crippen molar-refractivity contribution < 1.29 is 5.11 Å². The van der Waals surface area contributed by atoms with Crippen molar-refractivity contribution in [1.82, 2.24) is 0 Å². The van der Waals surface area contributed by atoms with Gasteiger partial charge in [-0.2, -0.15) is 10.2 Å². The minimum Gasteiger partial charge on any atom is -0.390 e. The van der Waals surface area contributed by atoms with Crippen LogP contribution < -0.4 is 0 Å². The average molecular weight is 242 g/mol. The molecule has 1 aromatic carbocycles. The maximum Gasteiger partial charge on any atom is 0.0678 e. The van der Waals surface area contributed by atoms with Gasteiger partial charge in [0.15, 0.2) is 0 Å². The molecule has 1 aliphatic heterocycles. The van der Waals surface area contributed by atoms with Gasteiger partial charge in [0.05, 0.1) is 11.3 Å². The predicted octanol–water partition coefficient (Wildman–Crippen LogP) is 2.76. The predicted molar refractivity (Wildman–Crippen MR) is 73.1 cm³/mol. The molecule has 3 atom stereocenters. The lowest BCUT2D eigenvalue weighted by Gasteiger charge is -2.38. The molecule has 2 aliphatic rings. The van der Waals surface area contributed by atoms with Crippen LogP contribution in [0.1, 0.15) is 38.2 Å². The lowest BCUT2D eigenvalue weighted by Crippen LogP contribution is -2.42. The van der Waals surface area contributed by atoms with Crippen LogP contribution in [0.3, 0.4) is 0 Å². The Labute approximate surface area is 107 Å². The highest BCUT2D eigenvalue weighted by Gasteiger charge is 2.44. The zero-order valence-corrected chi connectivity index (χ0v) is 10.8. The number of nitrogens with zero attached hydrogens (tertiary/aromatic N) is 2. The summed E-state index contributed by atoms with van der Waals surface area (Å²) in [6.45, 7) is 3.94. The highest BCUT2D eigenvalue weighted by Crippen LogP contribution is 2.43. The fourth-order valence-corrected chi connectivity index (χ4v) is 3.24. The van der Waals surface area contributed by atoms with Gasteiger partial charge in [0.2, 0.25) is 0 Å². The van der Waals surface area contributed by atoms with Gasteiger partial charge in [0.1, 0.15) is 0 Å². The second kappa shape index (κ2) is 4.02. The van der Waals surface area contributed by atoms with Crippen LogP contribution in [0.25, 0.3) is 0 Å². The summed E-state index contributed by atoms with van der Waals surface area (Å²) >= 11 is 0. The van der Waals surface area contributed by atoms with E-state index in [0.29, 0.717) is 12.3 Å². The van der Waals surface area contributed by atoms with E-state index in [1.54, 1.807) is 0 Å². The highest BCUT2D eigenvalue weighted by molar-refractivity contribution is 6.11. The highest BCUT2D eigenvalue weighted by atomic mass is 16.3. The molecule has 0 spiro atoms. The molecule has 0 unspecified atom stereocenters. The van der Waals surface area contributed by atoms with E-state index in [1.807, 2.05) is 19.9 Å². The van der Waals surface area contributed by atoms with E-state index in [1.165, 1.54) is 5.56 Å². The van der Waals surface area contributed by atoms with Crippen LogP contribution in [0.4, 0.5) is 0 Å². The van der Waals surface area contributed by atoms with Crippen molar-refractivity contribution in [3.63, 3.8) is 0 Å². The molecule has 1 aliphatic carbocycles. The maximum absolute atomic E-state index is 10.4. The van der Waals surface area contributed by atoms with Crippen LogP contribution in [-0.2, 0) is 0 Å². The van der Waals surface area contributed by atoms with Crippen molar-refractivity contribution in [2.75, 3.05) is 0 Å². The number of aliphatic hydroxyl groups is 1. The molecule has 1 heterocycles. The van der Waals surface area contributed by atoms with Crippen molar-refractivity contribution in [3.8, 4) is 0 Å². The topological polar surface area (TPSA) is 45.0 Å². The Balaban J connectivity index is 2.01. The Kier molecular flexibility index (Phi) is 2.59. The first-order valence-corrected chi connectivity index (χ1v) is 6.45. The number of rotatable bonds is 1. The van der Waals surface area contributed by atoms with Gasteiger partial charge in [-0.15, -0.1) is 0 Å². The standard InChI is InChI=1S/C15H18N2O/c1-10-14-12(11-6-4-3-5-7-11)8-15(2,18)9-13(14)17-16-10/h3-7,12,14,18H,8-9H2,1-2H3/t12-,14+,15-/m1/s1. The van der Waals surface area contributed by atoms with E-state index >= 15 is 0 Å². The third-order valence-corrected chi connectivity index (χ3v) is 4.00. The molecule has 3 nitrogen and oxygen atoms in total. The van der Waals surface area contributed by atoms with E-state index in [4.69, 9.17) is 0 Å². The summed E-state index contributed by atoms with van der Waals surface area (Å²) in [5, 5.41) is 18.9. The van der Waals surface area contributed by atoms with E-state index in [9.17, 15) is 5.11 Å². The summed E-state index contributed by atoms with van der Waals surface area (Å²) in [6.07, 6.45) is 1.41. The first kappa shape index (κ1) is 11.6. The fraction of sp³-hybridized carbons (Fsp3) is 0.467. The van der Waals surface area contributed by atoms with Crippen molar-refractivity contribution in [3.05, 3.63) is 35.9 Å². The van der Waals surface area contributed by atoms with Crippen molar-refractivity contribution in [2.24, 2.45) is 16.1 Å². The molecule has 1 N–H and O–H groups in total. The lowest BCUT2D eigenvalue weighted by molar-refractivity contribution is 0.0401. The van der Waals surface area contributed by atoms with Gasteiger partial charge in [-0.1, -0.05) is 30.3 Å². The van der Waals surface area contributed by atoms with Crippen LogP contribution in [0.2, 0.25) is 0 Å². The zero-order valence-electron chi connectivity index (χ0n) is 10.8. The van der Waals surface area contributed by atoms with Gasteiger partial charge in [0, 0.05) is 24.0 Å². The van der Waals surface area contributed by atoms with Gasteiger partial charge < -0.3 is 5.11 Å². The Morgan fingerprint density at radius 2 is 1.94 bits per heavy atom. The molecule has 3 heteroatoms. The summed E-state index contributed by atoms with van der Waals surface area (Å²) in [4.78, 5) is 0. The van der Waals surface area contributed by atoms with Crippen molar-refractivity contribution in [1.29, 1.82) is 0 Å². The average Bonchev–Trinajstić information content (AvgIpc) is 2.69. The van der Waals surface area contributed by atoms with E-state index in [2.05, 4.69) is 34.5 Å². The van der Waals surface area contributed by atoms with Gasteiger partial charge >= 0.3 is 0 Å². The van der Waals surface area contributed by atoms with E-state index in [0.717, 1.165) is 17.8 Å². The maximum atomic E-state index is 10.4. The number of benzene rings is 1. The van der Waals surface area contributed by atoms with Gasteiger partial charge in [-0.25, -0.2) is 0 Å². The molecule has 0 aromatic heterocycles. The van der Waals surface area contributed by atoms with Gasteiger partial charge in [-0.3, -0.25) is 0 Å². The Hall–Kier alpha value is -1.48. The molecule has 0 bridgehead atoms. The number of hydrogen-bond donors (Lipinski definition) is 1. The number of hydrogen-bond acceptors (Lipinski definition) is 3. The van der Waals surface area contributed by atoms with E-state index in [-0.39, 0.29) is 5.92 Å². The molecule has 0 amide bonds. The molecular weight excluding hydrogens is 224 g/mol. The van der Waals surface area contributed by atoms with E-state index < -0.39 is 5.60 Å². The summed E-state index contributed by atoms with van der Waals surface area (Å²) in [5.74, 6) is 0.576. The molecular formula is C15H18N2O. The molecule has 1 aromatic rings. The minimum absolute atomic E-state index is 0.285. The van der Waals surface area contributed by atoms with Crippen molar-refractivity contribution >= 4 is 11.4 Å². The molecule has 1 fully saturated rings. The van der Waals surface area contributed by atoms with Crippen LogP contribution in [0, 0.1) is 5.92 Å². The van der Waals surface area contributed by atoms with Crippen LogP contribution in [0.15, 0.2) is 40.5 Å². The first-order valence-electron chi connectivity index (χ1n) is 6.45. The fourth-order valence-electron chi connectivity index (χ4n) is 3.24. The summed E-state index contributed by atoms with van der Waals surface area (Å²) < 4.78 is 0. The Morgan fingerprint density at radius 3 is 2.67 bits per heavy atom. The van der Waals surface area contributed by atoms with Gasteiger partial charge in [-0.05, 0) is 25.8 Å².